The van der Waals surface area contributed by atoms with Gasteiger partial charge in [0.05, 0.1) is 23.8 Å². The van der Waals surface area contributed by atoms with Crippen LogP contribution in [0.25, 0.3) is 0 Å². The molecule has 0 aliphatic carbocycles. The van der Waals surface area contributed by atoms with Crippen molar-refractivity contribution in [1.29, 1.82) is 0 Å². The summed E-state index contributed by atoms with van der Waals surface area (Å²) in [6, 6.07) is 14.0. The molecule has 36 heavy (non-hydrogen) atoms. The Morgan fingerprint density at radius 3 is 2.44 bits per heavy atom. The van der Waals surface area contributed by atoms with Crippen LogP contribution in [-0.4, -0.2) is 30.8 Å². The monoisotopic (exact) mass is 502 g/mol. The molecule has 188 valence electrons. The zero-order valence-corrected chi connectivity index (χ0v) is 19.1. The van der Waals surface area contributed by atoms with Crippen LogP contribution in [0.5, 0.6) is 11.5 Å². The molecule has 0 aliphatic heterocycles. The molecule has 0 saturated heterocycles. The molecule has 0 unspecified atom stereocenters. The Morgan fingerprint density at radius 1 is 1.08 bits per heavy atom. The number of hydrazone groups is 1. The highest BCUT2D eigenvalue weighted by atomic mass is 19.4. The maximum Gasteiger partial charge on any atom is 0.416 e. The molecule has 9 nitrogen and oxygen atoms in total. The lowest BCUT2D eigenvalue weighted by molar-refractivity contribution is -0.384. The van der Waals surface area contributed by atoms with E-state index in [0.29, 0.717) is 28.8 Å². The second-order valence-electron chi connectivity index (χ2n) is 7.47. The number of methoxy groups -OCH3 is 1. The minimum Gasteiger partial charge on any atom is -0.493 e. The van der Waals surface area contributed by atoms with Crippen LogP contribution >= 0.6 is 0 Å². The van der Waals surface area contributed by atoms with Crippen LogP contribution in [0.1, 0.15) is 16.7 Å². The largest absolute Gasteiger partial charge is 0.493 e. The van der Waals surface area contributed by atoms with E-state index in [-0.39, 0.29) is 18.2 Å². The second-order valence-corrected chi connectivity index (χ2v) is 7.47. The number of carbonyl (C=O) groups excluding carboxylic acids is 1. The molecule has 0 saturated carbocycles. The van der Waals surface area contributed by atoms with Crippen molar-refractivity contribution in [3.05, 3.63) is 87.5 Å². The highest BCUT2D eigenvalue weighted by Crippen LogP contribution is 2.35. The van der Waals surface area contributed by atoms with Crippen LogP contribution in [0.15, 0.2) is 65.8 Å². The molecule has 0 spiro atoms. The highest BCUT2D eigenvalue weighted by Gasteiger charge is 2.33. The topological polar surface area (TPSA) is 115 Å². The number of alkyl halides is 3. The maximum absolute atomic E-state index is 12.8. The van der Waals surface area contributed by atoms with Crippen molar-refractivity contribution in [3.8, 4) is 11.5 Å². The fourth-order valence-electron chi connectivity index (χ4n) is 2.99. The predicted octanol–water partition coefficient (Wildman–Crippen LogP) is 5.39. The minimum absolute atomic E-state index is 0.212. The van der Waals surface area contributed by atoms with E-state index in [9.17, 15) is 28.1 Å². The van der Waals surface area contributed by atoms with Gasteiger partial charge < -0.3 is 14.8 Å². The van der Waals surface area contributed by atoms with E-state index in [1.807, 2.05) is 19.1 Å². The van der Waals surface area contributed by atoms with Gasteiger partial charge in [0, 0.05) is 11.8 Å². The van der Waals surface area contributed by atoms with Crippen molar-refractivity contribution in [1.82, 2.24) is 0 Å². The van der Waals surface area contributed by atoms with Crippen LogP contribution < -0.4 is 20.2 Å². The van der Waals surface area contributed by atoms with Crippen LogP contribution in [0.3, 0.4) is 0 Å². The Labute approximate surface area is 203 Å². The van der Waals surface area contributed by atoms with E-state index in [2.05, 4.69) is 15.8 Å². The van der Waals surface area contributed by atoms with Gasteiger partial charge in [-0.25, -0.2) is 0 Å². The van der Waals surface area contributed by atoms with Gasteiger partial charge in [-0.15, -0.1) is 0 Å². The lowest BCUT2D eigenvalue weighted by atomic mass is 10.1. The van der Waals surface area contributed by atoms with E-state index < -0.39 is 22.4 Å². The van der Waals surface area contributed by atoms with Gasteiger partial charge in [0.15, 0.2) is 18.1 Å². The number of benzene rings is 3. The first-order valence-corrected chi connectivity index (χ1v) is 10.4. The van der Waals surface area contributed by atoms with Gasteiger partial charge in [0.1, 0.15) is 5.69 Å². The average molecular weight is 502 g/mol. The third kappa shape index (κ3) is 6.95. The van der Waals surface area contributed by atoms with Crippen molar-refractivity contribution < 1.29 is 32.4 Å². The number of nitro groups is 1. The number of ether oxygens (including phenoxy) is 2. The van der Waals surface area contributed by atoms with E-state index >= 15 is 0 Å². The molecule has 0 radical (unpaired) electrons. The summed E-state index contributed by atoms with van der Waals surface area (Å²) < 4.78 is 49.3. The van der Waals surface area contributed by atoms with Crippen molar-refractivity contribution >= 4 is 29.2 Å². The molecule has 0 aromatic heterocycles. The van der Waals surface area contributed by atoms with Crippen molar-refractivity contribution in [2.24, 2.45) is 5.10 Å². The molecule has 3 rings (SSSR count). The minimum atomic E-state index is -4.71. The standard InChI is InChI=1S/C24H21F3N4O5/c1-15-3-7-18(8-4-15)29-23(32)14-36-21-10-5-16(11-22(21)35-2)13-28-30-19-9-6-17(24(25,26)27)12-20(19)31(33)34/h3-13,30H,14H2,1-2H3,(H,29,32)/b28-13-. The highest BCUT2D eigenvalue weighted by molar-refractivity contribution is 5.92. The van der Waals surface area contributed by atoms with Crippen molar-refractivity contribution in [2.45, 2.75) is 13.1 Å². The molecule has 2 N–H and O–H groups in total. The molecule has 0 bridgehead atoms. The van der Waals surface area contributed by atoms with Crippen LogP contribution in [-0.2, 0) is 11.0 Å². The van der Waals surface area contributed by atoms with Gasteiger partial charge in [-0.3, -0.25) is 20.3 Å². The zero-order chi connectivity index (χ0) is 26.3. The van der Waals surface area contributed by atoms with E-state index in [1.54, 1.807) is 30.3 Å². The maximum atomic E-state index is 12.8. The molecular weight excluding hydrogens is 481 g/mol. The summed E-state index contributed by atoms with van der Waals surface area (Å²) in [5.74, 6) is 0.219. The quantitative estimate of drug-likeness (QED) is 0.230. The summed E-state index contributed by atoms with van der Waals surface area (Å²) in [5, 5.41) is 17.7. The van der Waals surface area contributed by atoms with Gasteiger partial charge in [-0.1, -0.05) is 17.7 Å². The van der Waals surface area contributed by atoms with Gasteiger partial charge in [0.2, 0.25) is 0 Å². The first kappa shape index (κ1) is 26.0. The van der Waals surface area contributed by atoms with Gasteiger partial charge in [-0.05, 0) is 55.0 Å². The summed E-state index contributed by atoms with van der Waals surface area (Å²) in [5.41, 5.74) is 2.44. The Kier molecular flexibility index (Phi) is 8.10. The third-order valence-electron chi connectivity index (χ3n) is 4.80. The summed E-state index contributed by atoms with van der Waals surface area (Å²) in [7, 11) is 1.40. The zero-order valence-electron chi connectivity index (χ0n) is 19.1. The molecule has 0 heterocycles. The molecule has 3 aromatic carbocycles. The lowest BCUT2D eigenvalue weighted by Crippen LogP contribution is -2.20. The number of nitro benzene ring substituents is 1. The molecule has 0 aliphatic rings. The Balaban J connectivity index is 1.65. The molecule has 0 fully saturated rings. The van der Waals surface area contributed by atoms with Crippen LogP contribution in [0.2, 0.25) is 0 Å². The number of carbonyl (C=O) groups is 1. The fraction of sp³-hybridized carbons (Fsp3) is 0.167. The Morgan fingerprint density at radius 2 is 1.81 bits per heavy atom. The second kappa shape index (κ2) is 11.2. The summed E-state index contributed by atoms with van der Waals surface area (Å²) in [6.45, 7) is 1.67. The Hall–Kier alpha value is -4.61. The smallest absolute Gasteiger partial charge is 0.416 e. The number of aryl methyl sites for hydroxylation is 1. The Bertz CT molecular complexity index is 1280. The first-order chi connectivity index (χ1) is 17.1. The SMILES string of the molecule is COc1cc(/C=N\Nc2ccc(C(F)(F)F)cc2[N+](=O)[O-])ccc1OCC(=O)Nc1ccc(C)cc1. The third-order valence-corrected chi connectivity index (χ3v) is 4.80. The normalized spacial score (nSPS) is 11.2. The van der Waals surface area contributed by atoms with Crippen molar-refractivity contribution in [3.63, 3.8) is 0 Å². The predicted molar refractivity (Wildman–Crippen MR) is 128 cm³/mol. The van der Waals surface area contributed by atoms with E-state index in [1.165, 1.54) is 13.3 Å². The van der Waals surface area contributed by atoms with Crippen LogP contribution in [0, 0.1) is 17.0 Å². The number of rotatable bonds is 9. The molecule has 12 heteroatoms. The number of hydrogen-bond acceptors (Lipinski definition) is 7. The lowest BCUT2D eigenvalue weighted by Gasteiger charge is -2.11. The van der Waals surface area contributed by atoms with Gasteiger partial charge in [0.25, 0.3) is 11.6 Å². The average Bonchev–Trinajstić information content (AvgIpc) is 2.83. The number of anilines is 2. The van der Waals surface area contributed by atoms with Gasteiger partial charge >= 0.3 is 6.18 Å². The summed E-state index contributed by atoms with van der Waals surface area (Å²) in [4.78, 5) is 22.4. The summed E-state index contributed by atoms with van der Waals surface area (Å²) in [6.07, 6.45) is -3.42. The molecule has 0 atom stereocenters. The fourth-order valence-corrected chi connectivity index (χ4v) is 2.99. The first-order valence-electron chi connectivity index (χ1n) is 10.4. The van der Waals surface area contributed by atoms with Crippen molar-refractivity contribution in [2.75, 3.05) is 24.5 Å². The molecule has 1 amide bonds. The summed E-state index contributed by atoms with van der Waals surface area (Å²) >= 11 is 0. The number of hydrogen-bond donors (Lipinski definition) is 2. The molecular formula is C24H21F3N4O5. The van der Waals surface area contributed by atoms with E-state index in [0.717, 1.165) is 17.7 Å². The number of nitrogens with zero attached hydrogens (tertiary/aromatic N) is 2. The number of nitrogens with one attached hydrogen (secondary N) is 2. The molecule has 3 aromatic rings. The van der Waals surface area contributed by atoms with E-state index in [4.69, 9.17) is 9.47 Å². The van der Waals surface area contributed by atoms with Crippen LogP contribution in [0.4, 0.5) is 30.2 Å². The number of halogens is 3. The van der Waals surface area contributed by atoms with Gasteiger partial charge in [-0.2, -0.15) is 18.3 Å². The number of amides is 1.